The van der Waals surface area contributed by atoms with Crippen molar-refractivity contribution in [3.63, 3.8) is 0 Å². The molecule has 1 aliphatic rings. The van der Waals surface area contributed by atoms with Gasteiger partial charge in [-0.25, -0.2) is 4.98 Å². The maximum atomic E-state index is 10.0. The maximum Gasteiger partial charge on any atom is 0.111 e. The van der Waals surface area contributed by atoms with Gasteiger partial charge >= 0.3 is 0 Å². The summed E-state index contributed by atoms with van der Waals surface area (Å²) in [5, 5.41) is 10.0. The molecule has 1 saturated heterocycles. The van der Waals surface area contributed by atoms with Crippen molar-refractivity contribution in [2.45, 2.75) is 57.8 Å². The van der Waals surface area contributed by atoms with Crippen LogP contribution in [0.15, 0.2) is 12.4 Å². The molecular formula is C13H22N2O2. The van der Waals surface area contributed by atoms with Crippen LogP contribution in [0.1, 0.15) is 38.4 Å². The number of ether oxygens (including phenoxy) is 1. The predicted octanol–water partition coefficient (Wildman–Crippen LogP) is 1.77. The number of aliphatic hydroxyl groups excluding tert-OH is 1. The molecule has 0 aromatic carbocycles. The largest absolute Gasteiger partial charge is 0.393 e. The predicted molar refractivity (Wildman–Crippen MR) is 65.8 cm³/mol. The third-order valence-electron chi connectivity index (χ3n) is 3.24. The summed E-state index contributed by atoms with van der Waals surface area (Å²) in [7, 11) is 0. The third-order valence-corrected chi connectivity index (χ3v) is 3.24. The fourth-order valence-electron chi connectivity index (χ4n) is 2.40. The van der Waals surface area contributed by atoms with Gasteiger partial charge in [0.2, 0.25) is 0 Å². The van der Waals surface area contributed by atoms with E-state index in [2.05, 4.69) is 16.5 Å². The number of hydrogen-bond acceptors (Lipinski definition) is 3. The van der Waals surface area contributed by atoms with Crippen molar-refractivity contribution >= 4 is 0 Å². The highest BCUT2D eigenvalue weighted by molar-refractivity contribution is 4.94. The zero-order valence-corrected chi connectivity index (χ0v) is 10.5. The fourth-order valence-corrected chi connectivity index (χ4v) is 2.40. The molecule has 0 spiro atoms. The Kier molecular flexibility index (Phi) is 4.57. The standard InChI is InChI=1S/C13H22N2O2/c1-2-6-15-7-5-14-13(15)10-11(16)9-12-4-3-8-17-12/h5,7,11-12,16H,2-4,6,8-10H2,1H3. The van der Waals surface area contributed by atoms with Crippen LogP contribution in [0.2, 0.25) is 0 Å². The first-order chi connectivity index (χ1) is 8.29. The molecule has 0 aliphatic carbocycles. The summed E-state index contributed by atoms with van der Waals surface area (Å²) in [5.41, 5.74) is 0. The van der Waals surface area contributed by atoms with Crippen molar-refractivity contribution in [1.82, 2.24) is 9.55 Å². The molecule has 96 valence electrons. The molecule has 4 nitrogen and oxygen atoms in total. The zero-order chi connectivity index (χ0) is 12.1. The number of hydrogen-bond donors (Lipinski definition) is 1. The van der Waals surface area contributed by atoms with E-state index in [0.717, 1.165) is 44.7 Å². The molecule has 17 heavy (non-hydrogen) atoms. The molecule has 2 unspecified atom stereocenters. The van der Waals surface area contributed by atoms with E-state index >= 15 is 0 Å². The molecule has 1 aliphatic heterocycles. The second-order valence-corrected chi connectivity index (χ2v) is 4.77. The van der Waals surface area contributed by atoms with E-state index in [1.165, 1.54) is 0 Å². The number of rotatable bonds is 6. The second-order valence-electron chi connectivity index (χ2n) is 4.77. The summed E-state index contributed by atoms with van der Waals surface area (Å²) in [6.07, 6.45) is 8.37. The first-order valence-electron chi connectivity index (χ1n) is 6.59. The highest BCUT2D eigenvalue weighted by atomic mass is 16.5. The smallest absolute Gasteiger partial charge is 0.111 e. The lowest BCUT2D eigenvalue weighted by Gasteiger charge is -2.15. The van der Waals surface area contributed by atoms with Gasteiger partial charge < -0.3 is 14.4 Å². The van der Waals surface area contributed by atoms with Crippen LogP contribution in [0.4, 0.5) is 0 Å². The van der Waals surface area contributed by atoms with Crippen molar-refractivity contribution in [3.8, 4) is 0 Å². The SMILES string of the molecule is CCCn1ccnc1CC(O)CC1CCCO1. The summed E-state index contributed by atoms with van der Waals surface area (Å²) < 4.78 is 7.66. The van der Waals surface area contributed by atoms with Crippen LogP contribution in [-0.2, 0) is 17.7 Å². The van der Waals surface area contributed by atoms with E-state index in [1.54, 1.807) is 0 Å². The Morgan fingerprint density at radius 2 is 2.53 bits per heavy atom. The van der Waals surface area contributed by atoms with Crippen molar-refractivity contribution in [2.75, 3.05) is 6.61 Å². The van der Waals surface area contributed by atoms with Crippen molar-refractivity contribution in [2.24, 2.45) is 0 Å². The van der Waals surface area contributed by atoms with Crippen molar-refractivity contribution in [1.29, 1.82) is 0 Å². The lowest BCUT2D eigenvalue weighted by molar-refractivity contribution is 0.0530. The van der Waals surface area contributed by atoms with E-state index < -0.39 is 0 Å². The van der Waals surface area contributed by atoms with Gasteiger partial charge in [0, 0.05) is 32.0 Å². The molecule has 1 fully saturated rings. The lowest BCUT2D eigenvalue weighted by Crippen LogP contribution is -2.21. The van der Waals surface area contributed by atoms with Gasteiger partial charge in [0.15, 0.2) is 0 Å². The van der Waals surface area contributed by atoms with Gasteiger partial charge in [0.05, 0.1) is 12.2 Å². The summed E-state index contributed by atoms with van der Waals surface area (Å²) in [5.74, 6) is 0.984. The van der Waals surface area contributed by atoms with Crippen LogP contribution in [0, 0.1) is 0 Å². The molecular weight excluding hydrogens is 216 g/mol. The first-order valence-corrected chi connectivity index (χ1v) is 6.59. The van der Waals surface area contributed by atoms with E-state index in [0.29, 0.717) is 6.42 Å². The van der Waals surface area contributed by atoms with Crippen LogP contribution >= 0.6 is 0 Å². The van der Waals surface area contributed by atoms with E-state index in [9.17, 15) is 5.11 Å². The molecule has 1 aromatic heterocycles. The van der Waals surface area contributed by atoms with Crippen LogP contribution in [0.3, 0.4) is 0 Å². The molecule has 0 saturated carbocycles. The van der Waals surface area contributed by atoms with Crippen LogP contribution in [0.5, 0.6) is 0 Å². The summed E-state index contributed by atoms with van der Waals surface area (Å²) in [6.45, 7) is 3.97. The number of imidazole rings is 1. The molecule has 1 N–H and O–H groups in total. The van der Waals surface area contributed by atoms with E-state index in [-0.39, 0.29) is 12.2 Å². The molecule has 0 bridgehead atoms. The average molecular weight is 238 g/mol. The van der Waals surface area contributed by atoms with E-state index in [4.69, 9.17) is 4.74 Å². The van der Waals surface area contributed by atoms with Gasteiger partial charge in [0.1, 0.15) is 5.82 Å². The number of nitrogens with zero attached hydrogens (tertiary/aromatic N) is 2. The molecule has 4 heteroatoms. The van der Waals surface area contributed by atoms with Crippen molar-refractivity contribution < 1.29 is 9.84 Å². The highest BCUT2D eigenvalue weighted by Crippen LogP contribution is 2.18. The van der Waals surface area contributed by atoms with Crippen LogP contribution in [-0.4, -0.2) is 33.5 Å². The second kappa shape index (κ2) is 6.17. The zero-order valence-electron chi connectivity index (χ0n) is 10.5. The minimum atomic E-state index is -0.337. The third kappa shape index (κ3) is 3.54. The summed E-state index contributed by atoms with van der Waals surface area (Å²) in [6, 6.07) is 0. The Labute approximate surface area is 103 Å². The average Bonchev–Trinajstić information content (AvgIpc) is 2.92. The Hall–Kier alpha value is -0.870. The monoisotopic (exact) mass is 238 g/mol. The molecule has 2 atom stereocenters. The van der Waals surface area contributed by atoms with Crippen molar-refractivity contribution in [3.05, 3.63) is 18.2 Å². The van der Waals surface area contributed by atoms with Crippen LogP contribution in [0.25, 0.3) is 0 Å². The molecule has 2 rings (SSSR count). The molecule has 0 radical (unpaired) electrons. The Morgan fingerprint density at radius 1 is 1.65 bits per heavy atom. The van der Waals surface area contributed by atoms with Gasteiger partial charge in [0.25, 0.3) is 0 Å². The Balaban J connectivity index is 1.83. The Bertz CT molecular complexity index is 332. The molecule has 2 heterocycles. The molecule has 1 aromatic rings. The number of aromatic nitrogens is 2. The Morgan fingerprint density at radius 3 is 3.24 bits per heavy atom. The highest BCUT2D eigenvalue weighted by Gasteiger charge is 2.20. The minimum Gasteiger partial charge on any atom is -0.393 e. The minimum absolute atomic E-state index is 0.250. The van der Waals surface area contributed by atoms with Gasteiger partial charge in [-0.1, -0.05) is 6.92 Å². The first kappa shape index (κ1) is 12.6. The van der Waals surface area contributed by atoms with Gasteiger partial charge in [-0.3, -0.25) is 0 Å². The van der Waals surface area contributed by atoms with Crippen LogP contribution < -0.4 is 0 Å². The fraction of sp³-hybridized carbons (Fsp3) is 0.769. The number of aryl methyl sites for hydroxylation is 1. The maximum absolute atomic E-state index is 10.0. The normalized spacial score (nSPS) is 21.9. The topological polar surface area (TPSA) is 47.3 Å². The van der Waals surface area contributed by atoms with Gasteiger partial charge in [-0.2, -0.15) is 0 Å². The summed E-state index contributed by atoms with van der Waals surface area (Å²) >= 11 is 0. The lowest BCUT2D eigenvalue weighted by atomic mass is 10.1. The van der Waals surface area contributed by atoms with Gasteiger partial charge in [-0.05, 0) is 25.7 Å². The van der Waals surface area contributed by atoms with E-state index in [1.807, 2.05) is 12.4 Å². The quantitative estimate of drug-likeness (QED) is 0.821. The van der Waals surface area contributed by atoms with Gasteiger partial charge in [-0.15, -0.1) is 0 Å². The number of aliphatic hydroxyl groups is 1. The summed E-state index contributed by atoms with van der Waals surface area (Å²) in [4.78, 5) is 4.31. The molecule has 0 amide bonds.